The zero-order chi connectivity index (χ0) is 22.9. The van der Waals surface area contributed by atoms with E-state index in [-0.39, 0.29) is 5.41 Å². The van der Waals surface area contributed by atoms with E-state index in [1.807, 2.05) is 0 Å². The average Bonchev–Trinajstić information content (AvgIpc) is 3.44. The second-order valence-electron chi connectivity index (χ2n) is 10.7. The quantitative estimate of drug-likeness (QED) is 0.599. The maximum absolute atomic E-state index is 13.0. The molecule has 0 N–H and O–H groups in total. The van der Waals surface area contributed by atoms with Crippen molar-refractivity contribution in [1.82, 2.24) is 20.0 Å². The lowest BCUT2D eigenvalue weighted by Crippen LogP contribution is -2.56. The highest BCUT2D eigenvalue weighted by atomic mass is 35.5. The van der Waals surface area contributed by atoms with Gasteiger partial charge in [-0.05, 0) is 38.5 Å². The number of carbonyl (C=O) groups is 1. The molecule has 5 heterocycles. The van der Waals surface area contributed by atoms with Crippen LogP contribution in [0.1, 0.15) is 67.5 Å². The van der Waals surface area contributed by atoms with E-state index >= 15 is 0 Å². The molecule has 8 nitrogen and oxygen atoms in total. The molecule has 0 aromatic carbocycles. The van der Waals surface area contributed by atoms with Crippen molar-refractivity contribution >= 4 is 17.4 Å². The van der Waals surface area contributed by atoms with Crippen molar-refractivity contribution in [3.8, 4) is 11.5 Å². The zero-order valence-corrected chi connectivity index (χ0v) is 20.0. The number of carbonyl (C=O) groups excluding carboxylic acids is 1. The first-order valence-corrected chi connectivity index (χ1v) is 13.0. The molecule has 2 saturated heterocycles. The van der Waals surface area contributed by atoms with Crippen LogP contribution in [-0.2, 0) is 38.1 Å². The lowest BCUT2D eigenvalue weighted by Gasteiger charge is -2.46. The number of aromatic nitrogens is 3. The average molecular weight is 485 g/mol. The molecule has 180 valence electrons. The molecule has 0 unspecified atom stereocenters. The first kappa shape index (κ1) is 21.4. The third-order valence-corrected chi connectivity index (χ3v) is 9.13. The number of rotatable bonds is 2. The van der Waals surface area contributed by atoms with Crippen LogP contribution in [0.25, 0.3) is 11.5 Å². The van der Waals surface area contributed by atoms with Gasteiger partial charge >= 0.3 is 0 Å². The Morgan fingerprint density at radius 1 is 1.00 bits per heavy atom. The summed E-state index contributed by atoms with van der Waals surface area (Å²) in [5, 5.41) is 4.93. The van der Waals surface area contributed by atoms with E-state index in [1.165, 1.54) is 0 Å². The van der Waals surface area contributed by atoms with Crippen LogP contribution in [0.15, 0.2) is 4.52 Å². The molecule has 2 aromatic heterocycles. The van der Waals surface area contributed by atoms with E-state index in [1.54, 1.807) is 0 Å². The minimum Gasteiger partial charge on any atom is -0.380 e. The number of nitrogens with zero attached hydrogens (tertiary/aromatic N) is 4. The number of Topliss-reactive ketones (excluding diaryl/α,β-unsaturated/α-hetero) is 1. The number of hydrogen-bond acceptors (Lipinski definition) is 8. The normalized spacial score (nSPS) is 31.6. The van der Waals surface area contributed by atoms with Gasteiger partial charge in [0.1, 0.15) is 10.9 Å². The predicted molar refractivity (Wildman–Crippen MR) is 123 cm³/mol. The standard InChI is InChI=1S/C25H29ClN4O4/c26-22-17-10-30(15-11-33-12-15)13-24(8-9-32-14-24)20(17)27-23(28-22)19-16-4-3-7-25(21(16)34-29-19)6-2-1-5-18(25)31/h15H,1-14H2/t24-,25+/m0/s1. The van der Waals surface area contributed by atoms with Gasteiger partial charge in [0.15, 0.2) is 17.3 Å². The van der Waals surface area contributed by atoms with Gasteiger partial charge < -0.3 is 14.0 Å². The minimum absolute atomic E-state index is 0.200. The van der Waals surface area contributed by atoms with Crippen molar-refractivity contribution in [2.45, 2.75) is 74.8 Å². The molecule has 3 aliphatic heterocycles. The van der Waals surface area contributed by atoms with Crippen molar-refractivity contribution in [2.75, 3.05) is 33.0 Å². The maximum atomic E-state index is 13.0. The van der Waals surface area contributed by atoms with Gasteiger partial charge in [0.05, 0.1) is 42.4 Å². The van der Waals surface area contributed by atoms with Crippen LogP contribution in [0.3, 0.4) is 0 Å². The zero-order valence-electron chi connectivity index (χ0n) is 19.3. The summed E-state index contributed by atoms with van der Waals surface area (Å²) in [4.78, 5) is 25.3. The maximum Gasteiger partial charge on any atom is 0.183 e. The minimum atomic E-state index is -0.513. The fraction of sp³-hybridized carbons (Fsp3) is 0.680. The van der Waals surface area contributed by atoms with E-state index in [9.17, 15) is 4.79 Å². The molecule has 34 heavy (non-hydrogen) atoms. The number of hydrogen-bond donors (Lipinski definition) is 0. The van der Waals surface area contributed by atoms with Crippen molar-refractivity contribution in [2.24, 2.45) is 0 Å². The number of ketones is 1. The Hall–Kier alpha value is -1.87. The number of fused-ring (bicyclic) bond motifs is 4. The summed E-state index contributed by atoms with van der Waals surface area (Å²) < 4.78 is 17.3. The lowest BCUT2D eigenvalue weighted by molar-refractivity contribution is -0.128. The van der Waals surface area contributed by atoms with Gasteiger partial charge in [-0.25, -0.2) is 9.97 Å². The molecule has 3 fully saturated rings. The first-order valence-electron chi connectivity index (χ1n) is 12.6. The first-order chi connectivity index (χ1) is 16.6. The summed E-state index contributed by atoms with van der Waals surface area (Å²) in [5.41, 5.74) is 2.92. The number of ether oxygens (including phenoxy) is 2. The summed E-state index contributed by atoms with van der Waals surface area (Å²) in [6.07, 6.45) is 7.02. The largest absolute Gasteiger partial charge is 0.380 e. The molecule has 2 atom stereocenters. The Bertz CT molecular complexity index is 1160. The third kappa shape index (κ3) is 3.01. The Labute approximate surface area is 203 Å². The van der Waals surface area contributed by atoms with E-state index in [2.05, 4.69) is 10.1 Å². The third-order valence-electron chi connectivity index (χ3n) is 8.82. The molecule has 0 amide bonds. The van der Waals surface area contributed by atoms with E-state index < -0.39 is 5.41 Å². The van der Waals surface area contributed by atoms with Crippen molar-refractivity contribution in [3.63, 3.8) is 0 Å². The van der Waals surface area contributed by atoms with Gasteiger partial charge in [0.2, 0.25) is 0 Å². The molecule has 5 aliphatic rings. The summed E-state index contributed by atoms with van der Waals surface area (Å²) >= 11 is 6.84. The Balaban J connectivity index is 1.32. The highest BCUT2D eigenvalue weighted by Crippen LogP contribution is 2.48. The molecular formula is C25H29ClN4O4. The second kappa shape index (κ2) is 7.82. The molecule has 0 radical (unpaired) electrons. The lowest BCUT2D eigenvalue weighted by atomic mass is 9.64. The van der Waals surface area contributed by atoms with Gasteiger partial charge in [-0.2, -0.15) is 0 Å². The van der Waals surface area contributed by atoms with Crippen LogP contribution in [0.5, 0.6) is 0 Å². The predicted octanol–water partition coefficient (Wildman–Crippen LogP) is 3.37. The molecule has 1 saturated carbocycles. The molecule has 9 heteroatoms. The van der Waals surface area contributed by atoms with Crippen molar-refractivity contribution < 1.29 is 18.8 Å². The number of halogens is 1. The summed E-state index contributed by atoms with van der Waals surface area (Å²) in [5.74, 6) is 1.57. The van der Waals surface area contributed by atoms with Gasteiger partial charge in [-0.3, -0.25) is 9.69 Å². The van der Waals surface area contributed by atoms with Crippen LogP contribution >= 0.6 is 11.6 Å². The van der Waals surface area contributed by atoms with Crippen molar-refractivity contribution in [1.29, 1.82) is 0 Å². The van der Waals surface area contributed by atoms with Crippen LogP contribution in [0.4, 0.5) is 0 Å². The van der Waals surface area contributed by atoms with Crippen LogP contribution in [-0.4, -0.2) is 64.8 Å². The fourth-order valence-corrected chi connectivity index (χ4v) is 7.07. The van der Waals surface area contributed by atoms with E-state index in [0.29, 0.717) is 41.5 Å². The fourth-order valence-electron chi connectivity index (χ4n) is 6.84. The molecule has 7 rings (SSSR count). The Morgan fingerprint density at radius 2 is 1.88 bits per heavy atom. The Kier molecular flexibility index (Phi) is 4.92. The van der Waals surface area contributed by atoms with Gasteiger partial charge in [-0.15, -0.1) is 0 Å². The van der Waals surface area contributed by atoms with E-state index in [0.717, 1.165) is 100 Å². The van der Waals surface area contributed by atoms with Crippen LogP contribution in [0, 0.1) is 0 Å². The Morgan fingerprint density at radius 3 is 2.65 bits per heavy atom. The van der Waals surface area contributed by atoms with E-state index in [4.69, 9.17) is 35.6 Å². The molecule has 0 bridgehead atoms. The summed E-state index contributed by atoms with van der Waals surface area (Å²) in [6, 6.07) is 0.410. The van der Waals surface area contributed by atoms with Crippen LogP contribution < -0.4 is 0 Å². The van der Waals surface area contributed by atoms with Crippen LogP contribution in [0.2, 0.25) is 5.15 Å². The molecule has 2 aromatic rings. The summed E-state index contributed by atoms with van der Waals surface area (Å²) in [7, 11) is 0. The van der Waals surface area contributed by atoms with Gasteiger partial charge in [-0.1, -0.05) is 23.2 Å². The topological polar surface area (TPSA) is 90.6 Å². The smallest absolute Gasteiger partial charge is 0.183 e. The highest BCUT2D eigenvalue weighted by molar-refractivity contribution is 6.30. The second-order valence-corrected chi connectivity index (χ2v) is 11.1. The SMILES string of the molecule is O=C1CCCC[C@@]12CCCc1c(-c3nc(Cl)c4c(n3)[C@@]3(CCOC3)CN(C3COC3)C4)noc12. The monoisotopic (exact) mass is 484 g/mol. The molecule has 2 spiro atoms. The van der Waals surface area contributed by atoms with Crippen molar-refractivity contribution in [3.05, 3.63) is 27.7 Å². The highest BCUT2D eigenvalue weighted by Gasteiger charge is 2.50. The summed E-state index contributed by atoms with van der Waals surface area (Å²) in [6.45, 7) is 4.47. The molecular weight excluding hydrogens is 456 g/mol. The van der Waals surface area contributed by atoms with Gasteiger partial charge in [0, 0.05) is 37.2 Å². The van der Waals surface area contributed by atoms with Gasteiger partial charge in [0.25, 0.3) is 0 Å². The molecule has 2 aliphatic carbocycles.